The SMILES string of the molecule is Cc1cc(C)c(-c2ccc3cc(C(=O)F)ccc3c2)c(C)c1. The first-order valence-electron chi connectivity index (χ1n) is 7.27. The molecule has 110 valence electrons. The van der Waals surface area contributed by atoms with Gasteiger partial charge in [0.15, 0.2) is 0 Å². The summed E-state index contributed by atoms with van der Waals surface area (Å²) in [4.78, 5) is 10.8. The van der Waals surface area contributed by atoms with E-state index in [9.17, 15) is 9.18 Å². The Balaban J connectivity index is 2.17. The normalized spacial score (nSPS) is 10.9. The van der Waals surface area contributed by atoms with Crippen molar-refractivity contribution in [3.8, 4) is 11.1 Å². The second kappa shape index (κ2) is 5.38. The van der Waals surface area contributed by atoms with Crippen molar-refractivity contribution >= 4 is 16.8 Å². The molecule has 0 unspecified atom stereocenters. The number of halogens is 1. The third-order valence-electron chi connectivity index (χ3n) is 4.03. The molecule has 0 radical (unpaired) electrons. The molecule has 2 heteroatoms. The first-order chi connectivity index (χ1) is 10.5. The van der Waals surface area contributed by atoms with Gasteiger partial charge in [-0.1, -0.05) is 35.9 Å². The van der Waals surface area contributed by atoms with Crippen molar-refractivity contribution in [3.63, 3.8) is 0 Å². The van der Waals surface area contributed by atoms with Crippen molar-refractivity contribution in [1.82, 2.24) is 0 Å². The summed E-state index contributed by atoms with van der Waals surface area (Å²) in [6, 6.07) is 13.9. The van der Waals surface area contributed by atoms with Gasteiger partial charge in [-0.25, -0.2) is 0 Å². The Bertz CT molecular complexity index is 870. The van der Waals surface area contributed by atoms with Crippen molar-refractivity contribution in [1.29, 1.82) is 0 Å². The molecule has 1 nitrogen and oxygen atoms in total. The van der Waals surface area contributed by atoms with Gasteiger partial charge in [0.25, 0.3) is 0 Å². The molecule has 0 saturated carbocycles. The maximum atomic E-state index is 12.8. The standard InChI is InChI=1S/C20H17FO/c1-12-8-13(2)19(14(3)9-12)17-6-4-16-11-18(20(21)22)7-5-15(16)10-17/h4-11H,1-3H3. The van der Waals surface area contributed by atoms with E-state index in [0.29, 0.717) is 0 Å². The van der Waals surface area contributed by atoms with Gasteiger partial charge in [0.05, 0.1) is 5.56 Å². The lowest BCUT2D eigenvalue weighted by Crippen LogP contribution is -1.92. The molecule has 0 spiro atoms. The number of hydrogen-bond acceptors (Lipinski definition) is 1. The summed E-state index contributed by atoms with van der Waals surface area (Å²) in [6.07, 6.45) is 0. The number of rotatable bonds is 2. The largest absolute Gasteiger partial charge is 0.332 e. The Morgan fingerprint density at radius 3 is 2.05 bits per heavy atom. The van der Waals surface area contributed by atoms with Gasteiger partial charge in [-0.15, -0.1) is 0 Å². The topological polar surface area (TPSA) is 17.1 Å². The molecule has 0 bridgehead atoms. The Hall–Kier alpha value is -2.48. The van der Waals surface area contributed by atoms with E-state index in [1.165, 1.54) is 28.3 Å². The van der Waals surface area contributed by atoms with Crippen LogP contribution < -0.4 is 0 Å². The lowest BCUT2D eigenvalue weighted by molar-refractivity contribution is 0.0836. The van der Waals surface area contributed by atoms with Gasteiger partial charge >= 0.3 is 6.04 Å². The molecule has 3 aromatic rings. The zero-order valence-corrected chi connectivity index (χ0v) is 12.9. The quantitative estimate of drug-likeness (QED) is 0.567. The van der Waals surface area contributed by atoms with Gasteiger partial charge < -0.3 is 0 Å². The average molecular weight is 292 g/mol. The minimum Gasteiger partial charge on any atom is -0.255 e. The summed E-state index contributed by atoms with van der Waals surface area (Å²) in [5.74, 6) is 0. The molecule has 3 aromatic carbocycles. The van der Waals surface area contributed by atoms with E-state index in [4.69, 9.17) is 0 Å². The van der Waals surface area contributed by atoms with Gasteiger partial charge in [0.2, 0.25) is 0 Å². The second-order valence-electron chi connectivity index (χ2n) is 5.82. The third kappa shape index (κ3) is 2.52. The van der Waals surface area contributed by atoms with E-state index in [2.05, 4.69) is 39.0 Å². The van der Waals surface area contributed by atoms with Crippen LogP contribution in [0.5, 0.6) is 0 Å². The maximum Gasteiger partial charge on any atom is 0.332 e. The van der Waals surface area contributed by atoms with E-state index in [1.807, 2.05) is 12.1 Å². The summed E-state index contributed by atoms with van der Waals surface area (Å²) in [7, 11) is 0. The number of fused-ring (bicyclic) bond motifs is 1. The van der Waals surface area contributed by atoms with Crippen LogP contribution >= 0.6 is 0 Å². The lowest BCUT2D eigenvalue weighted by Gasteiger charge is -2.12. The summed E-state index contributed by atoms with van der Waals surface area (Å²) in [6.45, 7) is 6.33. The van der Waals surface area contributed by atoms with Gasteiger partial charge in [0, 0.05) is 0 Å². The molecule has 0 atom stereocenters. The highest BCUT2D eigenvalue weighted by Crippen LogP contribution is 2.31. The first-order valence-corrected chi connectivity index (χ1v) is 7.27. The van der Waals surface area contributed by atoms with Crippen LogP contribution in [0.25, 0.3) is 21.9 Å². The highest BCUT2D eigenvalue weighted by molar-refractivity contribution is 5.96. The van der Waals surface area contributed by atoms with Crippen LogP contribution in [0.1, 0.15) is 27.0 Å². The van der Waals surface area contributed by atoms with Crippen LogP contribution in [0.4, 0.5) is 4.39 Å². The highest BCUT2D eigenvalue weighted by Gasteiger charge is 2.09. The minimum atomic E-state index is -1.39. The van der Waals surface area contributed by atoms with E-state index < -0.39 is 6.04 Å². The van der Waals surface area contributed by atoms with E-state index in [-0.39, 0.29) is 5.56 Å². The zero-order chi connectivity index (χ0) is 15.9. The summed E-state index contributed by atoms with van der Waals surface area (Å²) < 4.78 is 12.8. The number of aryl methyl sites for hydroxylation is 3. The minimum absolute atomic E-state index is 0.1000. The predicted molar refractivity (Wildman–Crippen MR) is 89.0 cm³/mol. The molecular formula is C20H17FO. The smallest absolute Gasteiger partial charge is 0.255 e. The van der Waals surface area contributed by atoms with Gasteiger partial charge in [-0.2, -0.15) is 4.39 Å². The first kappa shape index (κ1) is 14.5. The molecule has 0 saturated heterocycles. The summed E-state index contributed by atoms with van der Waals surface area (Å²) >= 11 is 0. The van der Waals surface area contributed by atoms with Gasteiger partial charge in [0.1, 0.15) is 0 Å². The molecule has 22 heavy (non-hydrogen) atoms. The van der Waals surface area contributed by atoms with Crippen LogP contribution in [0.2, 0.25) is 0 Å². The fourth-order valence-electron chi connectivity index (χ4n) is 3.16. The molecular weight excluding hydrogens is 275 g/mol. The number of hydrogen-bond donors (Lipinski definition) is 0. The highest BCUT2D eigenvalue weighted by atomic mass is 19.1. The Kier molecular flexibility index (Phi) is 3.53. The predicted octanol–water partition coefficient (Wildman–Crippen LogP) is 5.54. The van der Waals surface area contributed by atoms with Crippen LogP contribution in [0.3, 0.4) is 0 Å². The number of carbonyl (C=O) groups excluding carboxylic acids is 1. The van der Waals surface area contributed by atoms with Crippen molar-refractivity contribution in [2.45, 2.75) is 20.8 Å². The molecule has 0 heterocycles. The molecule has 3 rings (SSSR count). The van der Waals surface area contributed by atoms with Crippen LogP contribution in [0.15, 0.2) is 48.5 Å². The van der Waals surface area contributed by atoms with Crippen LogP contribution in [-0.2, 0) is 0 Å². The van der Waals surface area contributed by atoms with Crippen LogP contribution in [0, 0.1) is 20.8 Å². The van der Waals surface area contributed by atoms with Gasteiger partial charge in [-0.3, -0.25) is 4.79 Å². The van der Waals surface area contributed by atoms with Crippen LogP contribution in [-0.4, -0.2) is 6.04 Å². The number of carbonyl (C=O) groups is 1. The average Bonchev–Trinajstić information content (AvgIpc) is 2.45. The maximum absolute atomic E-state index is 12.8. The Morgan fingerprint density at radius 1 is 0.818 bits per heavy atom. The lowest BCUT2D eigenvalue weighted by atomic mass is 9.92. The fourth-order valence-corrected chi connectivity index (χ4v) is 3.16. The molecule has 0 aromatic heterocycles. The van der Waals surface area contributed by atoms with Crippen molar-refractivity contribution in [2.24, 2.45) is 0 Å². The molecule has 0 amide bonds. The van der Waals surface area contributed by atoms with Gasteiger partial charge in [-0.05, 0) is 72.0 Å². The third-order valence-corrected chi connectivity index (χ3v) is 4.03. The van der Waals surface area contributed by atoms with E-state index in [0.717, 1.165) is 16.3 Å². The molecule has 0 fully saturated rings. The monoisotopic (exact) mass is 292 g/mol. The Labute approximate surface area is 129 Å². The zero-order valence-electron chi connectivity index (χ0n) is 12.9. The summed E-state index contributed by atoms with van der Waals surface area (Å²) in [5.41, 5.74) is 6.22. The summed E-state index contributed by atoms with van der Waals surface area (Å²) in [5, 5.41) is 1.87. The second-order valence-corrected chi connectivity index (χ2v) is 5.82. The molecule has 0 aliphatic rings. The van der Waals surface area contributed by atoms with E-state index >= 15 is 0 Å². The van der Waals surface area contributed by atoms with Crippen molar-refractivity contribution in [2.75, 3.05) is 0 Å². The molecule has 0 aliphatic heterocycles. The molecule has 0 N–H and O–H groups in total. The number of benzene rings is 3. The van der Waals surface area contributed by atoms with Crippen molar-refractivity contribution < 1.29 is 9.18 Å². The molecule has 0 aliphatic carbocycles. The van der Waals surface area contributed by atoms with Crippen molar-refractivity contribution in [3.05, 3.63) is 70.8 Å². The fraction of sp³-hybridized carbons (Fsp3) is 0.150. The Morgan fingerprint density at radius 2 is 1.41 bits per heavy atom. The van der Waals surface area contributed by atoms with E-state index in [1.54, 1.807) is 12.1 Å².